The number of aryl methyl sites for hydroxylation is 1. The highest BCUT2D eigenvalue weighted by molar-refractivity contribution is 5.96. The molecule has 2 aromatic carbocycles. The van der Waals surface area contributed by atoms with Crippen molar-refractivity contribution in [1.82, 2.24) is 4.98 Å². The Bertz CT molecular complexity index is 749. The average molecular weight is 263 g/mol. The highest BCUT2D eigenvalue weighted by atomic mass is 16.5. The van der Waals surface area contributed by atoms with Crippen LogP contribution in [-0.4, -0.2) is 12.1 Å². The fraction of sp³-hybridized carbons (Fsp3) is 0.167. The summed E-state index contributed by atoms with van der Waals surface area (Å²) in [6.45, 7) is 2.16. The fourth-order valence-electron chi connectivity index (χ4n) is 2.57. The summed E-state index contributed by atoms with van der Waals surface area (Å²) in [5, 5.41) is 1.19. The van der Waals surface area contributed by atoms with Gasteiger partial charge in [0.25, 0.3) is 0 Å². The van der Waals surface area contributed by atoms with Gasteiger partial charge in [-0.3, -0.25) is 4.98 Å². The minimum absolute atomic E-state index is 0.880. The Hall–Kier alpha value is -2.35. The molecule has 0 amide bonds. The Kier molecular flexibility index (Phi) is 3.38. The molecule has 0 fully saturated rings. The fourth-order valence-corrected chi connectivity index (χ4v) is 2.57. The molecule has 0 atom stereocenters. The maximum atomic E-state index is 5.35. The van der Waals surface area contributed by atoms with Gasteiger partial charge in [-0.05, 0) is 41.3 Å². The number of ether oxygens (including phenoxy) is 1. The first-order valence-corrected chi connectivity index (χ1v) is 6.84. The number of methoxy groups -OCH3 is 1. The Morgan fingerprint density at radius 2 is 1.90 bits per heavy atom. The van der Waals surface area contributed by atoms with Crippen LogP contribution in [0.1, 0.15) is 12.5 Å². The summed E-state index contributed by atoms with van der Waals surface area (Å²) in [7, 11) is 1.70. The van der Waals surface area contributed by atoms with Gasteiger partial charge in [0, 0.05) is 11.6 Å². The van der Waals surface area contributed by atoms with Crippen LogP contribution >= 0.6 is 0 Å². The van der Waals surface area contributed by atoms with E-state index in [2.05, 4.69) is 42.2 Å². The van der Waals surface area contributed by atoms with Crippen molar-refractivity contribution in [3.8, 4) is 16.9 Å². The molecule has 3 aromatic rings. The van der Waals surface area contributed by atoms with E-state index in [9.17, 15) is 0 Å². The van der Waals surface area contributed by atoms with Gasteiger partial charge in [0.15, 0.2) is 0 Å². The van der Waals surface area contributed by atoms with Crippen molar-refractivity contribution in [3.63, 3.8) is 0 Å². The summed E-state index contributed by atoms with van der Waals surface area (Å²) in [5.41, 5.74) is 4.73. The number of nitrogens with zero attached hydrogens (tertiary/aromatic N) is 1. The van der Waals surface area contributed by atoms with E-state index in [4.69, 9.17) is 4.74 Å². The molecule has 3 rings (SSSR count). The van der Waals surface area contributed by atoms with Crippen LogP contribution in [0, 0.1) is 0 Å². The molecule has 100 valence electrons. The molecule has 1 aromatic heterocycles. The third-order valence-electron chi connectivity index (χ3n) is 3.59. The first kappa shape index (κ1) is 12.7. The summed E-state index contributed by atoms with van der Waals surface area (Å²) in [6.07, 6.45) is 2.95. The standard InChI is InChI=1S/C18H17NO/c1-3-13-12-19-17-10-5-4-9-16(17)18(13)14-7-6-8-15(11-14)20-2/h4-12H,3H2,1-2H3. The topological polar surface area (TPSA) is 22.1 Å². The van der Waals surface area contributed by atoms with Gasteiger partial charge in [0.2, 0.25) is 0 Å². The Labute approximate surface area is 119 Å². The second-order valence-corrected chi connectivity index (χ2v) is 4.76. The molecule has 2 nitrogen and oxygen atoms in total. The smallest absolute Gasteiger partial charge is 0.119 e. The maximum Gasteiger partial charge on any atom is 0.119 e. The molecule has 0 radical (unpaired) electrons. The zero-order chi connectivity index (χ0) is 13.9. The Balaban J connectivity index is 2.32. The van der Waals surface area contributed by atoms with Crippen LogP contribution in [0.4, 0.5) is 0 Å². The molecule has 0 aliphatic heterocycles. The molecule has 2 heteroatoms. The van der Waals surface area contributed by atoms with Gasteiger partial charge in [-0.1, -0.05) is 37.3 Å². The van der Waals surface area contributed by atoms with Gasteiger partial charge in [-0.25, -0.2) is 0 Å². The third-order valence-corrected chi connectivity index (χ3v) is 3.59. The van der Waals surface area contributed by atoms with Crippen LogP contribution in [0.5, 0.6) is 5.75 Å². The minimum atomic E-state index is 0.880. The number of rotatable bonds is 3. The van der Waals surface area contributed by atoms with E-state index in [0.717, 1.165) is 17.7 Å². The average Bonchev–Trinajstić information content (AvgIpc) is 2.53. The first-order chi connectivity index (χ1) is 9.83. The Morgan fingerprint density at radius 1 is 1.05 bits per heavy atom. The van der Waals surface area contributed by atoms with Crippen LogP contribution in [0.3, 0.4) is 0 Å². The molecular formula is C18H17NO. The normalized spacial score (nSPS) is 10.7. The van der Waals surface area contributed by atoms with E-state index in [1.807, 2.05) is 24.4 Å². The molecule has 20 heavy (non-hydrogen) atoms. The largest absolute Gasteiger partial charge is 0.497 e. The Morgan fingerprint density at radius 3 is 2.70 bits per heavy atom. The molecule has 0 saturated heterocycles. The summed E-state index contributed by atoms with van der Waals surface area (Å²) in [4.78, 5) is 4.55. The monoisotopic (exact) mass is 263 g/mol. The number of pyridine rings is 1. The van der Waals surface area contributed by atoms with Crippen LogP contribution in [-0.2, 0) is 6.42 Å². The maximum absolute atomic E-state index is 5.35. The number of hydrogen-bond donors (Lipinski definition) is 0. The molecule has 0 bridgehead atoms. The minimum Gasteiger partial charge on any atom is -0.497 e. The van der Waals surface area contributed by atoms with E-state index >= 15 is 0 Å². The number of aromatic nitrogens is 1. The van der Waals surface area contributed by atoms with E-state index in [-0.39, 0.29) is 0 Å². The zero-order valence-electron chi connectivity index (χ0n) is 11.8. The van der Waals surface area contributed by atoms with Crippen molar-refractivity contribution in [2.45, 2.75) is 13.3 Å². The molecule has 0 spiro atoms. The third kappa shape index (κ3) is 2.14. The second kappa shape index (κ2) is 5.33. The molecule has 1 heterocycles. The first-order valence-electron chi connectivity index (χ1n) is 6.84. The van der Waals surface area contributed by atoms with Crippen molar-refractivity contribution in [2.24, 2.45) is 0 Å². The van der Waals surface area contributed by atoms with E-state index in [1.165, 1.54) is 22.1 Å². The predicted octanol–water partition coefficient (Wildman–Crippen LogP) is 4.47. The summed E-state index contributed by atoms with van der Waals surface area (Å²) in [6, 6.07) is 16.5. The molecule has 0 saturated carbocycles. The summed E-state index contributed by atoms with van der Waals surface area (Å²) >= 11 is 0. The van der Waals surface area contributed by atoms with E-state index in [0.29, 0.717) is 0 Å². The van der Waals surface area contributed by atoms with Crippen molar-refractivity contribution in [1.29, 1.82) is 0 Å². The quantitative estimate of drug-likeness (QED) is 0.695. The molecule has 0 aliphatic rings. The predicted molar refractivity (Wildman–Crippen MR) is 83.1 cm³/mol. The van der Waals surface area contributed by atoms with Crippen molar-refractivity contribution in [3.05, 3.63) is 60.3 Å². The molecule has 0 N–H and O–H groups in total. The highest BCUT2D eigenvalue weighted by Gasteiger charge is 2.10. The van der Waals surface area contributed by atoms with Gasteiger partial charge >= 0.3 is 0 Å². The van der Waals surface area contributed by atoms with Gasteiger partial charge in [-0.15, -0.1) is 0 Å². The number of para-hydroxylation sites is 1. The number of hydrogen-bond acceptors (Lipinski definition) is 2. The number of fused-ring (bicyclic) bond motifs is 1. The van der Waals surface area contributed by atoms with Gasteiger partial charge < -0.3 is 4.74 Å². The molecular weight excluding hydrogens is 246 g/mol. The van der Waals surface area contributed by atoms with Crippen LogP contribution in [0.2, 0.25) is 0 Å². The SMILES string of the molecule is CCc1cnc2ccccc2c1-c1cccc(OC)c1. The number of benzene rings is 2. The zero-order valence-corrected chi connectivity index (χ0v) is 11.8. The molecule has 0 aliphatic carbocycles. The lowest BCUT2D eigenvalue weighted by atomic mass is 9.95. The lowest BCUT2D eigenvalue weighted by Gasteiger charge is -2.12. The summed E-state index contributed by atoms with van der Waals surface area (Å²) < 4.78 is 5.35. The second-order valence-electron chi connectivity index (χ2n) is 4.76. The van der Waals surface area contributed by atoms with Crippen molar-refractivity contribution < 1.29 is 4.74 Å². The lowest BCUT2D eigenvalue weighted by Crippen LogP contribution is -1.93. The van der Waals surface area contributed by atoms with Gasteiger partial charge in [0.05, 0.1) is 12.6 Å². The lowest BCUT2D eigenvalue weighted by molar-refractivity contribution is 0.415. The van der Waals surface area contributed by atoms with Crippen LogP contribution in [0.15, 0.2) is 54.7 Å². The van der Waals surface area contributed by atoms with Crippen molar-refractivity contribution in [2.75, 3.05) is 7.11 Å². The van der Waals surface area contributed by atoms with Crippen LogP contribution < -0.4 is 4.74 Å². The van der Waals surface area contributed by atoms with Gasteiger partial charge in [-0.2, -0.15) is 0 Å². The van der Waals surface area contributed by atoms with E-state index < -0.39 is 0 Å². The molecule has 0 unspecified atom stereocenters. The summed E-state index contributed by atoms with van der Waals surface area (Å²) in [5.74, 6) is 0.880. The van der Waals surface area contributed by atoms with Gasteiger partial charge in [0.1, 0.15) is 5.75 Å². The van der Waals surface area contributed by atoms with Crippen LogP contribution in [0.25, 0.3) is 22.0 Å². The van der Waals surface area contributed by atoms with E-state index in [1.54, 1.807) is 7.11 Å². The highest BCUT2D eigenvalue weighted by Crippen LogP contribution is 2.33. The van der Waals surface area contributed by atoms with Crippen molar-refractivity contribution >= 4 is 10.9 Å².